The number of aromatic amines is 1. The number of amides is 1. The number of carbonyl (C=O) groups is 2. The molecule has 10 aromatic heterocycles. The molecule has 5 aromatic carbocycles. The molecule has 0 spiro atoms. The molecular weight excluding hydrogens is 1900 g/mol. The molecule has 0 saturated carbocycles. The Kier molecular flexibility index (Phi) is 52.0. The van der Waals surface area contributed by atoms with Crippen molar-refractivity contribution in [3.05, 3.63) is 306 Å². The molecule has 15 aromatic rings. The molecule has 0 atom stereocenters. The van der Waals surface area contributed by atoms with Gasteiger partial charge in [0.1, 0.15) is 99.3 Å². The number of allylic oxidation sites excluding steroid dienone is 1. The van der Waals surface area contributed by atoms with Crippen LogP contribution in [0.4, 0.5) is 50.8 Å². The number of benzene rings is 5. The zero-order valence-corrected chi connectivity index (χ0v) is 81.6. The van der Waals surface area contributed by atoms with Crippen LogP contribution in [0, 0.1) is 99.5 Å². The van der Waals surface area contributed by atoms with E-state index >= 15 is 0 Å². The number of carbonyl (C=O) groups excluding carboxylic acids is 2. The van der Waals surface area contributed by atoms with E-state index in [0.717, 1.165) is 34.7 Å². The number of aromatic nitrogens is 18. The van der Waals surface area contributed by atoms with Crippen molar-refractivity contribution < 1.29 is 91.2 Å². The number of nitrogens with two attached hydrogens (primary N) is 3. The van der Waals surface area contributed by atoms with Gasteiger partial charge in [0.2, 0.25) is 0 Å². The molecule has 0 bridgehead atoms. The SMILES string of the molecule is CCN.CCO.Cc1nn(C)c(N)c1C#N.Cc1nn(C)c(NC(=O)c2ccccc2F)c1C#N.Cc1nn(C)c2nc(-c3ccccc3F)[nH]c(=O)c12.Cc1nn(C)c2nc(-c3ccccc3F)nc(Cl)c12.Cc1nn(C)c2nc(-c3ccccc3F)nc(Nc3ccncc3)c12.Nc1ccncc1.O=C(Cl)c1ccccc1F.O=P(Cl)(Cl)Cl.OO.[C-]#[N+]C([N+]#[C-])=C(C)OCC.[NH-]O.[Na+]. The molecule has 15 rings (SSSR count). The van der Waals surface area contributed by atoms with E-state index in [9.17, 15) is 40.9 Å². The number of H-pyrrole nitrogens is 1. The smallest absolute Gasteiger partial charge is 0.553 e. The number of pyridine rings is 2. The summed E-state index contributed by atoms with van der Waals surface area (Å²) in [5.41, 5.74) is 23.5. The van der Waals surface area contributed by atoms with E-state index < -0.39 is 33.8 Å². The molecule has 704 valence electrons. The van der Waals surface area contributed by atoms with Crippen molar-refractivity contribution in [2.45, 2.75) is 62.3 Å². The summed E-state index contributed by atoms with van der Waals surface area (Å²) >= 11 is 25.0. The fourth-order valence-corrected chi connectivity index (χ4v) is 11.4. The zero-order valence-electron chi connectivity index (χ0n) is 75.0. The first-order valence-corrected chi connectivity index (χ1v) is 43.6. The average molecular weight is 1990 g/mol. The normalized spacial score (nSPS) is 9.73. The molecule has 14 N–H and O–H groups in total. The number of nitrogen functional groups attached to an aromatic ring is 2. The summed E-state index contributed by atoms with van der Waals surface area (Å²) in [6, 6.07) is 41.3. The van der Waals surface area contributed by atoms with Gasteiger partial charge in [-0.1, -0.05) is 79.2 Å². The van der Waals surface area contributed by atoms with E-state index in [1.807, 2.05) is 59.0 Å². The number of aryl methyl sites for hydroxylation is 10. The predicted octanol–water partition coefficient (Wildman–Crippen LogP) is 15.8. The van der Waals surface area contributed by atoms with Crippen LogP contribution >= 0.6 is 62.1 Å². The van der Waals surface area contributed by atoms with Gasteiger partial charge in [0, 0.05) is 78.0 Å². The molecular formula is C86H90Cl5F5N28NaO9P. The summed E-state index contributed by atoms with van der Waals surface area (Å²) in [6.45, 7) is 30.5. The molecule has 0 aliphatic rings. The van der Waals surface area contributed by atoms with Crippen molar-refractivity contribution >= 4 is 135 Å². The predicted molar refractivity (Wildman–Crippen MR) is 506 cm³/mol. The topological polar surface area (TPSA) is 536 Å². The summed E-state index contributed by atoms with van der Waals surface area (Å²) in [5.74, 6) is 4.25. The largest absolute Gasteiger partial charge is 1.00 e. The average Bonchev–Trinajstić information content (AvgIpc) is 1.65. The van der Waals surface area contributed by atoms with Gasteiger partial charge in [-0.3, -0.25) is 58.2 Å². The van der Waals surface area contributed by atoms with Crippen LogP contribution in [0.5, 0.6) is 0 Å². The van der Waals surface area contributed by atoms with Gasteiger partial charge in [-0.05, 0) is 192 Å². The molecule has 0 unspecified atom stereocenters. The number of nitriles is 2. The quantitative estimate of drug-likeness (QED) is 0.00699. The minimum Gasteiger partial charge on any atom is -0.553 e. The van der Waals surface area contributed by atoms with Crippen molar-refractivity contribution in [1.82, 2.24) is 88.8 Å². The molecule has 0 aliphatic heterocycles. The number of ether oxygens (including phenoxy) is 1. The number of aliphatic hydroxyl groups is 1. The number of anilines is 5. The van der Waals surface area contributed by atoms with Crippen LogP contribution in [0.15, 0.2) is 187 Å². The summed E-state index contributed by atoms with van der Waals surface area (Å²) in [4.78, 5) is 72.6. The van der Waals surface area contributed by atoms with E-state index in [0.29, 0.717) is 91.3 Å². The van der Waals surface area contributed by atoms with Gasteiger partial charge < -0.3 is 53.8 Å². The van der Waals surface area contributed by atoms with Crippen LogP contribution in [0.2, 0.25) is 5.15 Å². The van der Waals surface area contributed by atoms with Crippen molar-refractivity contribution in [1.29, 1.82) is 10.5 Å². The van der Waals surface area contributed by atoms with Gasteiger partial charge in [-0.15, -0.1) is 0 Å². The Morgan fingerprint density at radius 2 is 0.941 bits per heavy atom. The molecule has 10 heterocycles. The third kappa shape index (κ3) is 36.0. The number of rotatable bonds is 10. The molecule has 0 fully saturated rings. The van der Waals surface area contributed by atoms with Gasteiger partial charge in [0.05, 0.1) is 73.7 Å². The fourth-order valence-electron chi connectivity index (χ4n) is 11.0. The first-order chi connectivity index (χ1) is 63.7. The summed E-state index contributed by atoms with van der Waals surface area (Å²) in [7, 11) is 8.59. The number of fused-ring (bicyclic) bond motifs is 3. The number of nitrogens with zero attached hydrogens (tertiary/aromatic N) is 21. The first-order valence-electron chi connectivity index (χ1n) is 38.4. The van der Waals surface area contributed by atoms with E-state index in [1.165, 1.54) is 68.6 Å². The van der Waals surface area contributed by atoms with Crippen molar-refractivity contribution in [2.24, 2.45) is 41.0 Å². The molecule has 0 saturated heterocycles. The maximum atomic E-state index is 14.2. The second-order valence-corrected chi connectivity index (χ2v) is 33.3. The third-order valence-electron chi connectivity index (χ3n) is 16.6. The Hall–Kier alpha value is -13.6. The fraction of sp³-hybridized carbons (Fsp3) is 0.198. The minimum atomic E-state index is -3.22. The second kappa shape index (κ2) is 59.8. The van der Waals surface area contributed by atoms with Gasteiger partial charge in [-0.2, -0.15) is 45.7 Å². The molecule has 0 radical (unpaired) electrons. The van der Waals surface area contributed by atoms with Gasteiger partial charge in [0.15, 0.2) is 34.3 Å². The Morgan fingerprint density at radius 1 is 0.570 bits per heavy atom. The van der Waals surface area contributed by atoms with Gasteiger partial charge in [0.25, 0.3) is 16.7 Å². The number of nitrogens with one attached hydrogen (secondary N) is 4. The van der Waals surface area contributed by atoms with Crippen molar-refractivity contribution in [3.8, 4) is 46.3 Å². The molecule has 37 nitrogen and oxygen atoms in total. The van der Waals surface area contributed by atoms with Crippen LogP contribution in [-0.2, 0) is 44.5 Å². The van der Waals surface area contributed by atoms with E-state index in [2.05, 4.69) is 119 Å². The van der Waals surface area contributed by atoms with E-state index in [-0.39, 0.29) is 104 Å². The summed E-state index contributed by atoms with van der Waals surface area (Å²) in [6.07, 6.45) is 6.70. The first kappa shape index (κ1) is 117. The van der Waals surface area contributed by atoms with Crippen LogP contribution in [0.3, 0.4) is 0 Å². The van der Waals surface area contributed by atoms with Crippen LogP contribution in [0.25, 0.3) is 82.9 Å². The number of aliphatic hydroxyl groups excluding tert-OH is 1. The van der Waals surface area contributed by atoms with Gasteiger partial charge in [-0.25, -0.2) is 51.6 Å². The van der Waals surface area contributed by atoms with Crippen molar-refractivity contribution in [2.75, 3.05) is 41.9 Å². The van der Waals surface area contributed by atoms with Gasteiger partial charge >= 0.3 is 40.6 Å². The standard InChI is InChI=1S/C18H15FN6.C13H10ClFN4.2C13H11FN4O.C7H4ClFO.C7H8N2O.C6H8N4.C5H6N2.C2H7N.C2H6O.Cl3OP.H2NO.Na.H2O2/c1-11-15-17(21-12-7-9-20-10-8-12)22-16(23-18(15)25(2)24-11)13-5-3-4-6-14(13)19;1-7-10-11(14)16-12(17-13(10)19(2)18-7)8-5-3-4-6-9(8)15;1-7-10-12(18(2)17-7)15-11(16-13(10)19)8-5-3-4-6-9(8)14;1-8-10(7-15)12(18(2)17-8)16-13(19)9-5-3-4-6-11(9)14;8-7(10)5-3-1-2-4-6(5)9;1-5-10-6(2)7(8-3)9-4;1-4-5(3-7)6(8)10(2)9-4;6-5-1-3-7-4-2-5;2*1-2-3;1-5(2,3)4;1-2;;1-2/h3-10H,1-2H3,(H,20,21,22,23);3-6H,1-2H3;3-6H,1-2H3,(H,15,16,19);3-6H,1-2H3,(H,16,19);1-4H;5H2,1-2H3;8H2,1-2H3;1-4H,(H2,6,7);2-3H2,1H3;3H,2H2,1H3;;1-2H;;1-2H/q;;;;;;;;;;;-1;+1;. The van der Waals surface area contributed by atoms with Crippen LogP contribution < -0.4 is 63.0 Å². The van der Waals surface area contributed by atoms with Crippen LogP contribution in [0.1, 0.15) is 88.0 Å². The molecule has 49 heteroatoms. The third-order valence-corrected chi connectivity index (χ3v) is 17.1. The minimum absolute atomic E-state index is 0. The molecule has 1 amide bonds. The number of hydrogen-bond acceptors (Lipinski definition) is 27. The number of hydrogen-bond donors (Lipinski definition) is 10. The Morgan fingerprint density at radius 3 is 1.33 bits per heavy atom. The van der Waals surface area contributed by atoms with E-state index in [4.69, 9.17) is 95.5 Å². The Bertz CT molecular complexity index is 6720. The molecule has 135 heavy (non-hydrogen) atoms. The van der Waals surface area contributed by atoms with Crippen molar-refractivity contribution in [3.63, 3.8) is 0 Å². The maximum absolute atomic E-state index is 14.2. The van der Waals surface area contributed by atoms with Crippen LogP contribution in [-0.4, -0.2) is 141 Å². The Labute approximate surface area is 817 Å². The maximum Gasteiger partial charge on any atom is 1.00 e. The molecule has 0 aliphatic carbocycles. The monoisotopic (exact) mass is 1980 g/mol. The van der Waals surface area contributed by atoms with E-state index in [1.54, 1.807) is 176 Å². The summed E-state index contributed by atoms with van der Waals surface area (Å²) < 4.78 is 89.9. The summed E-state index contributed by atoms with van der Waals surface area (Å²) in [5, 5.41) is 68.2. The Balaban J connectivity index is 0.000000522. The second-order valence-electron chi connectivity index (χ2n) is 25.9. The number of halogens is 10. The zero-order chi connectivity index (χ0) is 101.